The molecule has 8 aromatic rings. The lowest BCUT2D eigenvalue weighted by Gasteiger charge is -2.33. The van der Waals surface area contributed by atoms with Crippen molar-refractivity contribution in [1.29, 1.82) is 0 Å². The maximum Gasteiger partial charge on any atom is 0.130 e. The highest BCUT2D eigenvalue weighted by atomic mass is 15.3. The van der Waals surface area contributed by atoms with E-state index in [0.29, 0.717) is 0 Å². The number of benzene rings is 8. The van der Waals surface area contributed by atoms with Crippen LogP contribution < -0.4 is 20.9 Å². The minimum Gasteiger partial charge on any atom is -0.366 e. The van der Waals surface area contributed by atoms with Crippen molar-refractivity contribution in [3.8, 4) is 11.1 Å². The highest BCUT2D eigenvalue weighted by molar-refractivity contribution is 6.18. The van der Waals surface area contributed by atoms with Crippen LogP contribution in [0.1, 0.15) is 40.6 Å². The van der Waals surface area contributed by atoms with Crippen LogP contribution in [0.3, 0.4) is 0 Å². The van der Waals surface area contributed by atoms with E-state index >= 15 is 0 Å². The van der Waals surface area contributed by atoms with Gasteiger partial charge < -0.3 is 15.5 Å². The van der Waals surface area contributed by atoms with Gasteiger partial charge in [0.25, 0.3) is 0 Å². The second-order valence-electron chi connectivity index (χ2n) is 13.9. The van der Waals surface area contributed by atoms with Gasteiger partial charge in [-0.05, 0) is 85.9 Å². The van der Waals surface area contributed by atoms with Crippen LogP contribution in [0.4, 0.5) is 17.1 Å². The standard InChI is InChI=1S/C49H38N4/c1-5-14-33(15-6-1)44-32-45(34-16-7-2-8-17-34)51-48(50-44)40-21-13-20-37(31-40)38-26-28-42-39(30-38)25-24-35-27-29-43-47(46(35)42)53(41-22-11-4-12-23-41)49(52-43)36-18-9-3-10-19-36/h1-32,44,48-52H. The summed E-state index contributed by atoms with van der Waals surface area (Å²) < 4.78 is 0. The van der Waals surface area contributed by atoms with E-state index in [-0.39, 0.29) is 18.4 Å². The fraction of sp³-hybridized carbons (Fsp3) is 0.0612. The Kier molecular flexibility index (Phi) is 7.74. The van der Waals surface area contributed by atoms with Gasteiger partial charge in [0, 0.05) is 16.8 Å². The lowest BCUT2D eigenvalue weighted by Crippen LogP contribution is -2.39. The molecule has 0 aromatic heterocycles. The second kappa shape index (κ2) is 13.2. The van der Waals surface area contributed by atoms with E-state index in [2.05, 4.69) is 215 Å². The van der Waals surface area contributed by atoms with Gasteiger partial charge in [-0.25, -0.2) is 0 Å². The molecule has 4 heteroatoms. The maximum atomic E-state index is 3.87. The van der Waals surface area contributed by atoms with Crippen LogP contribution in [0, 0.1) is 0 Å². The van der Waals surface area contributed by atoms with Gasteiger partial charge in [0.05, 0.1) is 17.4 Å². The average Bonchev–Trinajstić information content (AvgIpc) is 3.64. The average molecular weight is 683 g/mol. The van der Waals surface area contributed by atoms with Crippen molar-refractivity contribution >= 4 is 44.3 Å². The zero-order valence-corrected chi connectivity index (χ0v) is 29.2. The molecule has 254 valence electrons. The van der Waals surface area contributed by atoms with Gasteiger partial charge >= 0.3 is 0 Å². The summed E-state index contributed by atoms with van der Waals surface area (Å²) in [6.07, 6.45) is 2.21. The van der Waals surface area contributed by atoms with Crippen LogP contribution in [0.15, 0.2) is 194 Å². The van der Waals surface area contributed by atoms with E-state index in [1.54, 1.807) is 0 Å². The molecule has 3 N–H and O–H groups in total. The summed E-state index contributed by atoms with van der Waals surface area (Å²) in [5.74, 6) is 0. The van der Waals surface area contributed by atoms with E-state index in [1.807, 2.05) is 0 Å². The number of fused-ring (bicyclic) bond motifs is 5. The second-order valence-corrected chi connectivity index (χ2v) is 13.9. The van der Waals surface area contributed by atoms with Crippen molar-refractivity contribution < 1.29 is 0 Å². The normalized spacial score (nSPS) is 17.9. The fourth-order valence-corrected chi connectivity index (χ4v) is 8.13. The van der Waals surface area contributed by atoms with Crippen molar-refractivity contribution in [2.24, 2.45) is 0 Å². The molecular weight excluding hydrogens is 645 g/mol. The van der Waals surface area contributed by atoms with Gasteiger partial charge in [-0.15, -0.1) is 0 Å². The minimum absolute atomic E-state index is 0.0165. The lowest BCUT2D eigenvalue weighted by molar-refractivity contribution is 0.443. The molecule has 8 aromatic carbocycles. The van der Waals surface area contributed by atoms with Crippen LogP contribution in [-0.4, -0.2) is 0 Å². The number of rotatable bonds is 6. The van der Waals surface area contributed by atoms with E-state index in [9.17, 15) is 0 Å². The zero-order valence-electron chi connectivity index (χ0n) is 29.2. The summed E-state index contributed by atoms with van der Waals surface area (Å²) in [6, 6.07) is 67.8. The number of hydrogen-bond acceptors (Lipinski definition) is 4. The molecule has 0 spiro atoms. The van der Waals surface area contributed by atoms with Gasteiger partial charge in [0.15, 0.2) is 0 Å². The van der Waals surface area contributed by atoms with E-state index in [1.165, 1.54) is 60.6 Å². The molecule has 0 amide bonds. The number of nitrogens with one attached hydrogen (secondary N) is 3. The third kappa shape index (κ3) is 5.70. The van der Waals surface area contributed by atoms with Crippen LogP contribution in [-0.2, 0) is 0 Å². The van der Waals surface area contributed by atoms with Crippen molar-refractivity contribution in [1.82, 2.24) is 10.6 Å². The van der Waals surface area contributed by atoms with Gasteiger partial charge in [-0.3, -0.25) is 5.32 Å². The van der Waals surface area contributed by atoms with Crippen molar-refractivity contribution in [3.63, 3.8) is 0 Å². The smallest absolute Gasteiger partial charge is 0.130 e. The molecular formula is C49H38N4. The summed E-state index contributed by atoms with van der Waals surface area (Å²) in [5.41, 5.74) is 11.9. The third-order valence-electron chi connectivity index (χ3n) is 10.7. The molecule has 10 rings (SSSR count). The van der Waals surface area contributed by atoms with Crippen molar-refractivity contribution in [3.05, 3.63) is 216 Å². The van der Waals surface area contributed by atoms with Crippen molar-refractivity contribution in [2.45, 2.75) is 18.4 Å². The lowest BCUT2D eigenvalue weighted by atomic mass is 9.94. The zero-order chi connectivity index (χ0) is 35.1. The Balaban J connectivity index is 1.04. The molecule has 0 bridgehead atoms. The van der Waals surface area contributed by atoms with Gasteiger partial charge in [-0.1, -0.05) is 158 Å². The predicted octanol–water partition coefficient (Wildman–Crippen LogP) is 11.9. The molecule has 2 heterocycles. The Labute approximate surface area is 310 Å². The monoisotopic (exact) mass is 682 g/mol. The molecule has 3 unspecified atom stereocenters. The van der Waals surface area contributed by atoms with Crippen LogP contribution in [0.2, 0.25) is 0 Å². The molecule has 0 saturated carbocycles. The van der Waals surface area contributed by atoms with Crippen LogP contribution >= 0.6 is 0 Å². The van der Waals surface area contributed by atoms with Gasteiger partial charge in [-0.2, -0.15) is 0 Å². The van der Waals surface area contributed by atoms with Crippen LogP contribution in [0.25, 0.3) is 38.4 Å². The summed E-state index contributed by atoms with van der Waals surface area (Å²) in [6.45, 7) is 0. The number of nitrogens with zero attached hydrogens (tertiary/aromatic N) is 1. The maximum absolute atomic E-state index is 3.87. The summed E-state index contributed by atoms with van der Waals surface area (Å²) in [4.78, 5) is 2.47. The number of hydrogen-bond donors (Lipinski definition) is 3. The van der Waals surface area contributed by atoms with Crippen molar-refractivity contribution in [2.75, 3.05) is 10.2 Å². The van der Waals surface area contributed by atoms with E-state index < -0.39 is 0 Å². The first-order chi connectivity index (χ1) is 26.3. The molecule has 2 aliphatic heterocycles. The highest BCUT2D eigenvalue weighted by Gasteiger charge is 2.33. The molecule has 0 radical (unpaired) electrons. The first kappa shape index (κ1) is 31.1. The molecule has 53 heavy (non-hydrogen) atoms. The Hall–Kier alpha value is -6.62. The quantitative estimate of drug-likeness (QED) is 0.153. The molecule has 0 fully saturated rings. The highest BCUT2D eigenvalue weighted by Crippen LogP contribution is 2.51. The minimum atomic E-state index is -0.0682. The summed E-state index contributed by atoms with van der Waals surface area (Å²) in [5, 5.41) is 16.5. The third-order valence-corrected chi connectivity index (χ3v) is 10.7. The Morgan fingerprint density at radius 1 is 0.453 bits per heavy atom. The van der Waals surface area contributed by atoms with E-state index in [4.69, 9.17) is 0 Å². The predicted molar refractivity (Wildman–Crippen MR) is 221 cm³/mol. The number of anilines is 3. The van der Waals surface area contributed by atoms with Crippen LogP contribution in [0.5, 0.6) is 0 Å². The Bertz CT molecular complexity index is 2600. The van der Waals surface area contributed by atoms with Gasteiger partial charge in [0.1, 0.15) is 12.3 Å². The topological polar surface area (TPSA) is 39.3 Å². The fourth-order valence-electron chi connectivity index (χ4n) is 8.13. The van der Waals surface area contributed by atoms with Gasteiger partial charge in [0.2, 0.25) is 0 Å². The molecule has 2 aliphatic rings. The first-order valence-electron chi connectivity index (χ1n) is 18.4. The molecule has 0 saturated heterocycles. The summed E-state index contributed by atoms with van der Waals surface area (Å²) in [7, 11) is 0. The first-order valence-corrected chi connectivity index (χ1v) is 18.4. The number of para-hydroxylation sites is 1. The SMILES string of the molecule is C1=C(c2ccccc2)NC(c2cccc(-c3ccc4c(ccc5ccc6c(c54)N(c4ccccc4)C(c4ccccc4)N6)c3)c2)NC1c1ccccc1. The largest absolute Gasteiger partial charge is 0.366 e. The molecule has 4 nitrogen and oxygen atoms in total. The van der Waals surface area contributed by atoms with E-state index in [0.717, 1.165) is 17.1 Å². The molecule has 3 atom stereocenters. The Morgan fingerprint density at radius 2 is 1.08 bits per heavy atom. The molecule has 0 aliphatic carbocycles. The Morgan fingerprint density at radius 3 is 1.85 bits per heavy atom. The summed E-state index contributed by atoms with van der Waals surface area (Å²) >= 11 is 0.